The molecule has 0 radical (unpaired) electrons. The monoisotopic (exact) mass is 252 g/mol. The Morgan fingerprint density at radius 3 is 2.37 bits per heavy atom. The number of rotatable bonds is 3. The van der Waals surface area contributed by atoms with E-state index in [1.165, 1.54) is 29.5 Å². The zero-order valence-corrected chi connectivity index (χ0v) is 11.6. The maximum atomic E-state index is 10.8. The highest BCUT2D eigenvalue weighted by molar-refractivity contribution is 5.43. The standard InChI is InChI=1S/C18H20O/c1-12-6-5-9-15(13(12)2)18(19)17-8-4-3-7-16(17)14-10-11-14/h3-9,14,18-19H,10-11H2,1-2H3. The van der Waals surface area contributed by atoms with Crippen LogP contribution in [0.25, 0.3) is 0 Å². The predicted octanol–water partition coefficient (Wildman–Crippen LogP) is 4.26. The second kappa shape index (κ2) is 4.82. The molecule has 0 saturated heterocycles. The highest BCUT2D eigenvalue weighted by Gasteiger charge is 2.28. The molecule has 0 spiro atoms. The summed E-state index contributed by atoms with van der Waals surface area (Å²) in [6.07, 6.45) is 2.02. The van der Waals surface area contributed by atoms with E-state index in [0.29, 0.717) is 5.92 Å². The molecule has 1 nitrogen and oxygen atoms in total. The van der Waals surface area contributed by atoms with E-state index in [2.05, 4.69) is 38.1 Å². The van der Waals surface area contributed by atoms with E-state index in [1.807, 2.05) is 18.2 Å². The molecule has 1 atom stereocenters. The Hall–Kier alpha value is -1.60. The van der Waals surface area contributed by atoms with Crippen molar-refractivity contribution in [2.75, 3.05) is 0 Å². The molecule has 0 heterocycles. The molecule has 1 saturated carbocycles. The van der Waals surface area contributed by atoms with Gasteiger partial charge in [0.05, 0.1) is 0 Å². The van der Waals surface area contributed by atoms with Gasteiger partial charge in [0.15, 0.2) is 0 Å². The summed E-state index contributed by atoms with van der Waals surface area (Å²) in [4.78, 5) is 0. The minimum absolute atomic E-state index is 0.503. The van der Waals surface area contributed by atoms with Gasteiger partial charge >= 0.3 is 0 Å². The van der Waals surface area contributed by atoms with Crippen LogP contribution in [0.15, 0.2) is 42.5 Å². The highest BCUT2D eigenvalue weighted by Crippen LogP contribution is 2.44. The molecule has 1 fully saturated rings. The lowest BCUT2D eigenvalue weighted by Gasteiger charge is -2.18. The number of aliphatic hydroxyl groups is 1. The van der Waals surface area contributed by atoms with Gasteiger partial charge in [0, 0.05) is 0 Å². The van der Waals surface area contributed by atoms with Crippen molar-refractivity contribution in [3.63, 3.8) is 0 Å². The van der Waals surface area contributed by atoms with Gasteiger partial charge in [-0.05, 0) is 60.4 Å². The largest absolute Gasteiger partial charge is 0.384 e. The lowest BCUT2D eigenvalue weighted by atomic mass is 9.91. The zero-order chi connectivity index (χ0) is 13.4. The number of aryl methyl sites for hydroxylation is 1. The molecule has 1 unspecified atom stereocenters. The van der Waals surface area contributed by atoms with Crippen molar-refractivity contribution in [2.45, 2.75) is 38.7 Å². The lowest BCUT2D eigenvalue weighted by molar-refractivity contribution is 0.218. The number of aliphatic hydroxyl groups excluding tert-OH is 1. The summed E-state index contributed by atoms with van der Waals surface area (Å²) in [5.41, 5.74) is 5.88. The molecule has 1 aliphatic carbocycles. The summed E-state index contributed by atoms with van der Waals surface area (Å²) in [6.45, 7) is 4.19. The molecule has 0 bridgehead atoms. The number of hydrogen-bond donors (Lipinski definition) is 1. The molecule has 0 aliphatic heterocycles. The molecule has 3 rings (SSSR count). The maximum absolute atomic E-state index is 10.8. The highest BCUT2D eigenvalue weighted by atomic mass is 16.3. The molecule has 1 aliphatic rings. The second-order valence-corrected chi connectivity index (χ2v) is 5.59. The van der Waals surface area contributed by atoms with Crippen molar-refractivity contribution in [1.29, 1.82) is 0 Å². The quantitative estimate of drug-likeness (QED) is 0.865. The van der Waals surface area contributed by atoms with Crippen LogP contribution in [0.5, 0.6) is 0 Å². The van der Waals surface area contributed by atoms with E-state index in [-0.39, 0.29) is 0 Å². The third-order valence-electron chi connectivity index (χ3n) is 4.25. The van der Waals surface area contributed by atoms with Gasteiger partial charge in [0.1, 0.15) is 6.10 Å². The Balaban J connectivity index is 2.04. The molecule has 0 aromatic heterocycles. The van der Waals surface area contributed by atoms with E-state index in [0.717, 1.165) is 11.1 Å². The van der Waals surface area contributed by atoms with Crippen LogP contribution in [-0.4, -0.2) is 5.11 Å². The molecule has 1 heteroatoms. The van der Waals surface area contributed by atoms with Gasteiger partial charge < -0.3 is 5.11 Å². The Kier molecular flexibility index (Phi) is 3.16. The van der Waals surface area contributed by atoms with Crippen LogP contribution >= 0.6 is 0 Å². The number of hydrogen-bond acceptors (Lipinski definition) is 1. The molecular formula is C18H20O. The Labute approximate surface area is 114 Å². The van der Waals surface area contributed by atoms with Gasteiger partial charge in [-0.15, -0.1) is 0 Å². The summed E-state index contributed by atoms with van der Waals surface area (Å²) in [6, 6.07) is 14.5. The van der Waals surface area contributed by atoms with Gasteiger partial charge in [-0.25, -0.2) is 0 Å². The zero-order valence-electron chi connectivity index (χ0n) is 11.6. The fraction of sp³-hybridized carbons (Fsp3) is 0.333. The molecular weight excluding hydrogens is 232 g/mol. The maximum Gasteiger partial charge on any atom is 0.105 e. The smallest absolute Gasteiger partial charge is 0.105 e. The topological polar surface area (TPSA) is 20.2 Å². The van der Waals surface area contributed by atoms with E-state index < -0.39 is 6.10 Å². The minimum atomic E-state index is -0.503. The Morgan fingerprint density at radius 2 is 1.63 bits per heavy atom. The Morgan fingerprint density at radius 1 is 0.947 bits per heavy atom. The fourth-order valence-corrected chi connectivity index (χ4v) is 2.76. The van der Waals surface area contributed by atoms with E-state index in [1.54, 1.807) is 0 Å². The van der Waals surface area contributed by atoms with Crippen molar-refractivity contribution in [2.24, 2.45) is 0 Å². The van der Waals surface area contributed by atoms with Crippen molar-refractivity contribution < 1.29 is 5.11 Å². The molecule has 0 amide bonds. The summed E-state index contributed by atoms with van der Waals surface area (Å²) in [5.74, 6) is 0.663. The Bertz CT molecular complexity index is 596. The first-order valence-corrected chi connectivity index (χ1v) is 7.01. The minimum Gasteiger partial charge on any atom is -0.384 e. The fourth-order valence-electron chi connectivity index (χ4n) is 2.76. The van der Waals surface area contributed by atoms with Crippen LogP contribution in [-0.2, 0) is 0 Å². The van der Waals surface area contributed by atoms with Crippen molar-refractivity contribution in [3.8, 4) is 0 Å². The van der Waals surface area contributed by atoms with Gasteiger partial charge in [0.2, 0.25) is 0 Å². The molecule has 1 N–H and O–H groups in total. The van der Waals surface area contributed by atoms with Crippen LogP contribution < -0.4 is 0 Å². The SMILES string of the molecule is Cc1cccc(C(O)c2ccccc2C2CC2)c1C. The van der Waals surface area contributed by atoms with Crippen LogP contribution in [0.3, 0.4) is 0 Å². The normalized spacial score (nSPS) is 16.4. The van der Waals surface area contributed by atoms with Crippen LogP contribution in [0.4, 0.5) is 0 Å². The van der Waals surface area contributed by atoms with Gasteiger partial charge in [0.25, 0.3) is 0 Å². The van der Waals surface area contributed by atoms with Crippen LogP contribution in [0, 0.1) is 13.8 Å². The molecule has 19 heavy (non-hydrogen) atoms. The van der Waals surface area contributed by atoms with Gasteiger partial charge in [-0.3, -0.25) is 0 Å². The summed E-state index contributed by atoms with van der Waals surface area (Å²) in [7, 11) is 0. The summed E-state index contributed by atoms with van der Waals surface area (Å²) < 4.78 is 0. The predicted molar refractivity (Wildman–Crippen MR) is 78.4 cm³/mol. The molecule has 2 aromatic rings. The van der Waals surface area contributed by atoms with Gasteiger partial charge in [-0.1, -0.05) is 42.5 Å². The molecule has 98 valence electrons. The van der Waals surface area contributed by atoms with Crippen LogP contribution in [0.2, 0.25) is 0 Å². The van der Waals surface area contributed by atoms with E-state index >= 15 is 0 Å². The first-order valence-electron chi connectivity index (χ1n) is 7.01. The average Bonchev–Trinajstić information content (AvgIpc) is 3.26. The van der Waals surface area contributed by atoms with Gasteiger partial charge in [-0.2, -0.15) is 0 Å². The van der Waals surface area contributed by atoms with E-state index in [9.17, 15) is 5.11 Å². The van der Waals surface area contributed by atoms with Crippen molar-refractivity contribution in [1.82, 2.24) is 0 Å². The third-order valence-corrected chi connectivity index (χ3v) is 4.25. The van der Waals surface area contributed by atoms with Crippen LogP contribution in [0.1, 0.15) is 52.7 Å². The second-order valence-electron chi connectivity index (χ2n) is 5.59. The first-order chi connectivity index (χ1) is 9.18. The average molecular weight is 252 g/mol. The third kappa shape index (κ3) is 2.31. The lowest BCUT2D eigenvalue weighted by Crippen LogP contribution is -2.05. The van der Waals surface area contributed by atoms with Crippen molar-refractivity contribution in [3.05, 3.63) is 70.3 Å². The first kappa shape index (κ1) is 12.4. The molecule has 2 aromatic carbocycles. The van der Waals surface area contributed by atoms with E-state index in [4.69, 9.17) is 0 Å². The number of benzene rings is 2. The summed E-state index contributed by atoms with van der Waals surface area (Å²) in [5, 5.41) is 10.8. The van der Waals surface area contributed by atoms with Crippen molar-refractivity contribution >= 4 is 0 Å². The summed E-state index contributed by atoms with van der Waals surface area (Å²) >= 11 is 0.